The molecular weight excluding hydrogens is 618 g/mol. The largest absolute Gasteiger partial charge is 0.481 e. The van der Waals surface area contributed by atoms with Crippen LogP contribution in [0.1, 0.15) is 46.0 Å². The van der Waals surface area contributed by atoms with Gasteiger partial charge in [-0.05, 0) is 19.9 Å². The van der Waals surface area contributed by atoms with Gasteiger partial charge in [-0.15, -0.1) is 0 Å². The smallest absolute Gasteiger partial charge is 0.330 e. The molecule has 262 valence electrons. The highest BCUT2D eigenvalue weighted by Gasteiger charge is 2.51. The van der Waals surface area contributed by atoms with Crippen molar-refractivity contribution in [3.05, 3.63) is 60.8 Å². The van der Waals surface area contributed by atoms with Gasteiger partial charge in [0.05, 0.1) is 48.8 Å². The maximum absolute atomic E-state index is 12.3. The van der Waals surface area contributed by atoms with Gasteiger partial charge in [-0.2, -0.15) is 0 Å². The molecule has 2 unspecified atom stereocenters. The number of fused-ring (bicyclic) bond motifs is 3. The number of rotatable bonds is 3. The fourth-order valence-electron chi connectivity index (χ4n) is 6.00. The van der Waals surface area contributed by atoms with E-state index in [1.54, 1.807) is 56.4 Å². The minimum Gasteiger partial charge on any atom is -0.481 e. The first-order valence-electron chi connectivity index (χ1n) is 15.9. The molecule has 14 nitrogen and oxygen atoms in total. The van der Waals surface area contributed by atoms with Crippen molar-refractivity contribution in [3.63, 3.8) is 0 Å². The molecule has 4 heterocycles. The number of esters is 1. The number of aliphatic carboxylic acids is 1. The Bertz CT molecular complexity index is 1220. The van der Waals surface area contributed by atoms with Crippen LogP contribution in [0.3, 0.4) is 0 Å². The Morgan fingerprint density at radius 3 is 2.36 bits per heavy atom. The standard InChI is InChI=1S/C33H47NO13/c1-18-10-8-6-4-3-5-7-9-11-21(45-32-30(39)28(34)29(38)19(2)44-32)15-25-27(31(40)41)22(36)17-33(42,47-25)16-20(35)14-24-23(46-24)12-13-26(37)43-18/h3-9,11-13,18-25,27-30,32,35-36,38-39,42H,10,14-17,34H2,1-2H3,(H,40,41)/b4-3+,7-5+,8-6+,11-9+,13-12-/t18-,19-,20+,21+,22+,23-,24+,25?,27-,28+,29-,30+,32?,33+/m1/s1. The predicted octanol–water partition coefficient (Wildman–Crippen LogP) is 0.120. The molecule has 14 atom stereocenters. The first-order valence-corrected chi connectivity index (χ1v) is 15.9. The molecule has 4 aliphatic heterocycles. The highest BCUT2D eigenvalue weighted by atomic mass is 16.7. The van der Waals surface area contributed by atoms with Crippen LogP contribution in [0.25, 0.3) is 0 Å². The third-order valence-electron chi connectivity index (χ3n) is 8.58. The Hall–Kier alpha value is -2.76. The zero-order chi connectivity index (χ0) is 34.3. The van der Waals surface area contributed by atoms with Gasteiger partial charge in [0.15, 0.2) is 12.1 Å². The van der Waals surface area contributed by atoms with Gasteiger partial charge < -0.3 is 60.1 Å². The molecule has 4 aliphatic rings. The monoisotopic (exact) mass is 665 g/mol. The summed E-state index contributed by atoms with van der Waals surface area (Å²) in [6.45, 7) is 3.34. The minimum atomic E-state index is -2.10. The van der Waals surface area contributed by atoms with Crippen molar-refractivity contribution in [1.82, 2.24) is 0 Å². The number of epoxide rings is 1. The molecule has 0 aromatic rings. The fourth-order valence-corrected chi connectivity index (χ4v) is 6.00. The molecule has 3 fully saturated rings. The van der Waals surface area contributed by atoms with Crippen LogP contribution in [0.5, 0.6) is 0 Å². The normalized spacial score (nSPS) is 47.2. The molecular formula is C33H47NO13. The van der Waals surface area contributed by atoms with E-state index in [2.05, 4.69) is 0 Å². The van der Waals surface area contributed by atoms with E-state index < -0.39 is 97.3 Å². The number of carbonyl (C=O) groups excluding carboxylic acids is 1. The first kappa shape index (κ1) is 37.1. The van der Waals surface area contributed by atoms with Gasteiger partial charge in [-0.25, -0.2) is 4.79 Å². The highest BCUT2D eigenvalue weighted by molar-refractivity contribution is 5.82. The molecule has 0 radical (unpaired) electrons. The van der Waals surface area contributed by atoms with Crippen molar-refractivity contribution in [3.8, 4) is 0 Å². The first-order chi connectivity index (χ1) is 22.3. The lowest BCUT2D eigenvalue weighted by Crippen LogP contribution is -2.61. The van der Waals surface area contributed by atoms with Gasteiger partial charge in [0.25, 0.3) is 0 Å². The third kappa shape index (κ3) is 10.6. The number of carboxylic acids is 1. The van der Waals surface area contributed by atoms with Crippen LogP contribution < -0.4 is 5.73 Å². The van der Waals surface area contributed by atoms with Crippen LogP contribution in [0.2, 0.25) is 0 Å². The van der Waals surface area contributed by atoms with Gasteiger partial charge in [0.2, 0.25) is 0 Å². The number of hydrogen-bond donors (Lipinski definition) is 7. The van der Waals surface area contributed by atoms with Crippen LogP contribution >= 0.6 is 0 Å². The molecule has 8 N–H and O–H groups in total. The molecule has 47 heavy (non-hydrogen) atoms. The minimum absolute atomic E-state index is 0.0789. The summed E-state index contributed by atoms with van der Waals surface area (Å²) in [5, 5.41) is 63.9. The summed E-state index contributed by atoms with van der Waals surface area (Å²) < 4.78 is 28.5. The molecule has 0 amide bonds. The quantitative estimate of drug-likeness (QED) is 0.157. The summed E-state index contributed by atoms with van der Waals surface area (Å²) in [6, 6.07) is -1.08. The van der Waals surface area contributed by atoms with Gasteiger partial charge in [0, 0.05) is 38.2 Å². The van der Waals surface area contributed by atoms with Crippen molar-refractivity contribution in [1.29, 1.82) is 0 Å². The number of carboxylic acid groups (broad SMARTS) is 1. The number of aliphatic hydroxyl groups excluding tert-OH is 4. The van der Waals surface area contributed by atoms with Crippen LogP contribution in [0.4, 0.5) is 0 Å². The summed E-state index contributed by atoms with van der Waals surface area (Å²) in [4.78, 5) is 24.4. The fraction of sp³-hybridized carbons (Fsp3) is 0.636. The Balaban J connectivity index is 1.58. The molecule has 2 bridgehead atoms. The van der Waals surface area contributed by atoms with Crippen molar-refractivity contribution >= 4 is 11.9 Å². The highest BCUT2D eigenvalue weighted by Crippen LogP contribution is 2.39. The molecule has 3 saturated heterocycles. The van der Waals surface area contributed by atoms with E-state index in [0.717, 1.165) is 0 Å². The summed E-state index contributed by atoms with van der Waals surface area (Å²) in [7, 11) is 0. The Labute approximate surface area is 273 Å². The van der Waals surface area contributed by atoms with E-state index in [9.17, 15) is 40.2 Å². The molecule has 0 aromatic heterocycles. The molecule has 0 saturated carbocycles. The second kappa shape index (κ2) is 16.6. The van der Waals surface area contributed by atoms with E-state index in [1.807, 2.05) is 6.08 Å². The topological polar surface area (TPSA) is 231 Å². The summed E-state index contributed by atoms with van der Waals surface area (Å²) in [5.74, 6) is -5.45. The lowest BCUT2D eigenvalue weighted by atomic mass is 9.83. The number of carbonyl (C=O) groups is 2. The number of cyclic esters (lactones) is 1. The molecule has 0 aliphatic carbocycles. The summed E-state index contributed by atoms with van der Waals surface area (Å²) in [5.41, 5.74) is 5.98. The maximum Gasteiger partial charge on any atom is 0.330 e. The number of hydrogen-bond acceptors (Lipinski definition) is 13. The van der Waals surface area contributed by atoms with Gasteiger partial charge in [-0.3, -0.25) is 4.79 Å². The second-order valence-corrected chi connectivity index (χ2v) is 12.6. The van der Waals surface area contributed by atoms with E-state index in [1.165, 1.54) is 12.2 Å². The van der Waals surface area contributed by atoms with Gasteiger partial charge >= 0.3 is 11.9 Å². The number of ether oxygens (including phenoxy) is 5. The Morgan fingerprint density at radius 1 is 0.936 bits per heavy atom. The molecule has 0 spiro atoms. The zero-order valence-corrected chi connectivity index (χ0v) is 26.4. The lowest BCUT2D eigenvalue weighted by Gasteiger charge is -2.45. The van der Waals surface area contributed by atoms with E-state index in [0.29, 0.717) is 6.42 Å². The van der Waals surface area contributed by atoms with Crippen LogP contribution in [-0.2, 0) is 33.3 Å². The predicted molar refractivity (Wildman–Crippen MR) is 165 cm³/mol. The third-order valence-corrected chi connectivity index (χ3v) is 8.58. The Kier molecular flexibility index (Phi) is 13.1. The SMILES string of the molecule is C[C@@H]1C/C=C/C=C/C=C/C=C/[C@H](OC2O[C@H](C)[C@@H](O)[C@H](N)[C@@H]2O)CC2O[C@@](O)(C[C@@H](O)C[C@@H]3O[C@@H]3/C=C\C(=O)O1)C[C@H](O)[C@H]2C(=O)O. The summed E-state index contributed by atoms with van der Waals surface area (Å²) >= 11 is 0. The average Bonchev–Trinajstić information content (AvgIpc) is 3.72. The maximum atomic E-state index is 12.3. The average molecular weight is 666 g/mol. The van der Waals surface area contributed by atoms with Gasteiger partial charge in [0.1, 0.15) is 24.2 Å². The molecule has 14 heteroatoms. The van der Waals surface area contributed by atoms with Gasteiger partial charge in [-0.1, -0.05) is 48.6 Å². The Morgan fingerprint density at radius 2 is 1.64 bits per heavy atom. The zero-order valence-electron chi connectivity index (χ0n) is 26.4. The van der Waals surface area contributed by atoms with Crippen LogP contribution in [0.15, 0.2) is 60.8 Å². The number of aliphatic hydroxyl groups is 5. The van der Waals surface area contributed by atoms with Crippen molar-refractivity contribution < 1.29 is 63.9 Å². The van der Waals surface area contributed by atoms with E-state index in [4.69, 9.17) is 29.4 Å². The summed E-state index contributed by atoms with van der Waals surface area (Å²) in [6.07, 6.45) is 5.25. The van der Waals surface area contributed by atoms with Crippen LogP contribution in [-0.4, -0.2) is 122 Å². The number of nitrogens with two attached hydrogens (primary N) is 1. The van der Waals surface area contributed by atoms with E-state index >= 15 is 0 Å². The second-order valence-electron chi connectivity index (χ2n) is 12.6. The lowest BCUT2D eigenvalue weighted by molar-refractivity contribution is -0.308. The van der Waals surface area contributed by atoms with Crippen molar-refractivity contribution in [2.45, 2.75) is 125 Å². The van der Waals surface area contributed by atoms with Crippen LogP contribution in [0, 0.1) is 5.92 Å². The molecule has 0 aromatic carbocycles. The van der Waals surface area contributed by atoms with E-state index in [-0.39, 0.29) is 25.4 Å². The van der Waals surface area contributed by atoms with Crippen molar-refractivity contribution in [2.24, 2.45) is 11.7 Å². The molecule has 4 rings (SSSR count). The van der Waals surface area contributed by atoms with Crippen molar-refractivity contribution in [2.75, 3.05) is 0 Å². The number of allylic oxidation sites excluding steroid dienone is 6.